The minimum Gasteiger partial charge on any atom is -0.444 e. The summed E-state index contributed by atoms with van der Waals surface area (Å²) >= 11 is 0. The smallest absolute Gasteiger partial charge is 0.408 e. The van der Waals surface area contributed by atoms with Crippen LogP contribution in [-0.4, -0.2) is 36.7 Å². The number of anilines is 2. The van der Waals surface area contributed by atoms with Crippen LogP contribution in [0.1, 0.15) is 38.8 Å². The second-order valence-electron chi connectivity index (χ2n) is 8.55. The Morgan fingerprint density at radius 3 is 2.53 bits per heavy atom. The average molecular weight is 410 g/mol. The van der Waals surface area contributed by atoms with Crippen LogP contribution in [0.5, 0.6) is 0 Å². The molecular formula is C24H31N3O3. The van der Waals surface area contributed by atoms with E-state index in [1.807, 2.05) is 42.5 Å². The van der Waals surface area contributed by atoms with Gasteiger partial charge >= 0.3 is 6.09 Å². The molecule has 1 atom stereocenters. The molecular weight excluding hydrogens is 378 g/mol. The van der Waals surface area contributed by atoms with Gasteiger partial charge < -0.3 is 20.3 Å². The summed E-state index contributed by atoms with van der Waals surface area (Å²) in [6, 6.07) is 14.9. The largest absolute Gasteiger partial charge is 0.444 e. The van der Waals surface area contributed by atoms with Gasteiger partial charge in [-0.2, -0.15) is 0 Å². The number of ether oxygens (including phenoxy) is 1. The van der Waals surface area contributed by atoms with E-state index in [1.54, 1.807) is 20.8 Å². The Labute approximate surface area is 178 Å². The lowest BCUT2D eigenvalue weighted by molar-refractivity contribution is -0.118. The van der Waals surface area contributed by atoms with Crippen LogP contribution < -0.4 is 15.5 Å². The van der Waals surface area contributed by atoms with Gasteiger partial charge in [0.1, 0.15) is 11.6 Å². The molecule has 2 N–H and O–H groups in total. The third-order valence-electron chi connectivity index (χ3n) is 5.02. The van der Waals surface area contributed by atoms with Crippen LogP contribution in [0, 0.1) is 0 Å². The molecule has 0 bridgehead atoms. The zero-order chi connectivity index (χ0) is 21.7. The average Bonchev–Trinajstić information content (AvgIpc) is 3.09. The standard InChI is InChI=1S/C24H31N3O3/c1-5-27-14-13-18-11-12-19(16-21(18)27)25-22(28)20(15-17-9-7-6-8-10-17)26-23(29)30-24(2,3)4/h6-12,16,20H,5,13-15H2,1-4H3,(H,25,28)(H,26,29). The van der Waals surface area contributed by atoms with Crippen molar-refractivity contribution >= 4 is 23.4 Å². The van der Waals surface area contributed by atoms with Crippen molar-refractivity contribution in [1.82, 2.24) is 5.32 Å². The van der Waals surface area contributed by atoms with Gasteiger partial charge in [0, 0.05) is 30.9 Å². The number of likely N-dealkylation sites (N-methyl/N-ethyl adjacent to an activating group) is 1. The minimum absolute atomic E-state index is 0.272. The highest BCUT2D eigenvalue weighted by atomic mass is 16.6. The number of amides is 2. The summed E-state index contributed by atoms with van der Waals surface area (Å²) < 4.78 is 5.36. The van der Waals surface area contributed by atoms with Crippen LogP contribution >= 0.6 is 0 Å². The van der Waals surface area contributed by atoms with Crippen molar-refractivity contribution in [2.45, 2.75) is 52.2 Å². The first-order valence-electron chi connectivity index (χ1n) is 10.5. The number of nitrogens with zero attached hydrogens (tertiary/aromatic N) is 1. The molecule has 6 nitrogen and oxygen atoms in total. The van der Waals surface area contributed by atoms with Crippen molar-refractivity contribution in [2.75, 3.05) is 23.3 Å². The van der Waals surface area contributed by atoms with Crippen molar-refractivity contribution < 1.29 is 14.3 Å². The first-order valence-corrected chi connectivity index (χ1v) is 10.5. The number of rotatable bonds is 6. The van der Waals surface area contributed by atoms with Gasteiger partial charge in [-0.3, -0.25) is 4.79 Å². The number of carbonyl (C=O) groups excluding carboxylic acids is 2. The second kappa shape index (κ2) is 9.20. The summed E-state index contributed by atoms with van der Waals surface area (Å²) in [5.41, 5.74) is 3.50. The van der Waals surface area contributed by atoms with E-state index in [9.17, 15) is 9.59 Å². The van der Waals surface area contributed by atoms with Gasteiger partial charge in [0.2, 0.25) is 5.91 Å². The van der Waals surface area contributed by atoms with Crippen molar-refractivity contribution in [3.8, 4) is 0 Å². The fourth-order valence-electron chi connectivity index (χ4n) is 3.59. The summed E-state index contributed by atoms with van der Waals surface area (Å²) in [5.74, 6) is -0.272. The molecule has 0 radical (unpaired) electrons. The third kappa shape index (κ3) is 5.75. The van der Waals surface area contributed by atoms with Crippen LogP contribution in [0.25, 0.3) is 0 Å². The molecule has 160 valence electrons. The van der Waals surface area contributed by atoms with Gasteiger partial charge in [0.15, 0.2) is 0 Å². The van der Waals surface area contributed by atoms with Crippen LogP contribution in [0.4, 0.5) is 16.2 Å². The molecule has 1 heterocycles. The van der Waals surface area contributed by atoms with Crippen LogP contribution in [-0.2, 0) is 22.4 Å². The summed E-state index contributed by atoms with van der Waals surface area (Å²) in [7, 11) is 0. The van der Waals surface area contributed by atoms with Crippen molar-refractivity contribution in [3.63, 3.8) is 0 Å². The van der Waals surface area contributed by atoms with Crippen LogP contribution in [0.15, 0.2) is 48.5 Å². The van der Waals surface area contributed by atoms with Crippen LogP contribution in [0.3, 0.4) is 0 Å². The lowest BCUT2D eigenvalue weighted by Gasteiger charge is -2.24. The maximum Gasteiger partial charge on any atom is 0.408 e. The summed E-state index contributed by atoms with van der Waals surface area (Å²) in [6.45, 7) is 9.44. The molecule has 1 aliphatic heterocycles. The highest BCUT2D eigenvalue weighted by Gasteiger charge is 2.25. The zero-order valence-electron chi connectivity index (χ0n) is 18.2. The van der Waals surface area contributed by atoms with E-state index in [0.29, 0.717) is 6.42 Å². The van der Waals surface area contributed by atoms with Crippen LogP contribution in [0.2, 0.25) is 0 Å². The fourth-order valence-corrected chi connectivity index (χ4v) is 3.59. The maximum atomic E-state index is 13.1. The third-order valence-corrected chi connectivity index (χ3v) is 5.02. The number of hydrogen-bond acceptors (Lipinski definition) is 4. The SMILES string of the molecule is CCN1CCc2ccc(NC(=O)C(Cc3ccccc3)NC(=O)OC(C)(C)C)cc21. The highest BCUT2D eigenvalue weighted by molar-refractivity contribution is 5.97. The second-order valence-corrected chi connectivity index (χ2v) is 8.55. The monoisotopic (exact) mass is 409 g/mol. The lowest BCUT2D eigenvalue weighted by atomic mass is 10.1. The molecule has 2 aromatic rings. The van der Waals surface area contributed by atoms with E-state index in [2.05, 4.69) is 28.5 Å². The van der Waals surface area contributed by atoms with E-state index < -0.39 is 17.7 Å². The number of hydrogen-bond donors (Lipinski definition) is 2. The molecule has 1 aliphatic rings. The van der Waals surface area contributed by atoms with E-state index in [-0.39, 0.29) is 5.91 Å². The fraction of sp³-hybridized carbons (Fsp3) is 0.417. The Kier molecular flexibility index (Phi) is 6.65. The minimum atomic E-state index is -0.752. The molecule has 1 unspecified atom stereocenters. The summed E-state index contributed by atoms with van der Waals surface area (Å²) in [6.07, 6.45) is 0.788. The quantitative estimate of drug-likeness (QED) is 0.752. The molecule has 6 heteroatoms. The summed E-state index contributed by atoms with van der Waals surface area (Å²) in [4.78, 5) is 27.7. The molecule has 0 saturated carbocycles. The van der Waals surface area contributed by atoms with Gasteiger partial charge in [0.25, 0.3) is 0 Å². The Balaban J connectivity index is 1.75. The van der Waals surface area contributed by atoms with E-state index >= 15 is 0 Å². The molecule has 0 saturated heterocycles. The summed E-state index contributed by atoms with van der Waals surface area (Å²) in [5, 5.41) is 5.70. The number of benzene rings is 2. The topological polar surface area (TPSA) is 70.7 Å². The number of carbonyl (C=O) groups is 2. The molecule has 0 fully saturated rings. The first-order chi connectivity index (χ1) is 14.2. The molecule has 2 aromatic carbocycles. The van der Waals surface area contributed by atoms with E-state index in [1.165, 1.54) is 5.56 Å². The molecule has 0 aromatic heterocycles. The molecule has 0 aliphatic carbocycles. The molecule has 30 heavy (non-hydrogen) atoms. The lowest BCUT2D eigenvalue weighted by Crippen LogP contribution is -2.47. The number of alkyl carbamates (subject to hydrolysis) is 1. The zero-order valence-corrected chi connectivity index (χ0v) is 18.2. The van der Waals surface area contributed by atoms with Gasteiger partial charge in [-0.15, -0.1) is 0 Å². The molecule has 3 rings (SSSR count). The van der Waals surface area contributed by atoms with Gasteiger partial charge in [-0.1, -0.05) is 36.4 Å². The highest BCUT2D eigenvalue weighted by Crippen LogP contribution is 2.30. The van der Waals surface area contributed by atoms with E-state index in [0.717, 1.165) is 36.4 Å². The predicted octanol–water partition coefficient (Wildman–Crippen LogP) is 4.14. The van der Waals surface area contributed by atoms with E-state index in [4.69, 9.17) is 4.74 Å². The predicted molar refractivity (Wildman–Crippen MR) is 120 cm³/mol. The Bertz CT molecular complexity index is 890. The van der Waals surface area contributed by atoms with Gasteiger partial charge in [-0.05, 0) is 57.4 Å². The maximum absolute atomic E-state index is 13.1. The van der Waals surface area contributed by atoms with Crippen molar-refractivity contribution in [1.29, 1.82) is 0 Å². The number of fused-ring (bicyclic) bond motifs is 1. The van der Waals surface area contributed by atoms with Gasteiger partial charge in [0.05, 0.1) is 0 Å². The van der Waals surface area contributed by atoms with Gasteiger partial charge in [-0.25, -0.2) is 4.79 Å². The molecule has 0 spiro atoms. The number of nitrogens with one attached hydrogen (secondary N) is 2. The van der Waals surface area contributed by atoms with Crippen molar-refractivity contribution in [3.05, 3.63) is 59.7 Å². The first kappa shape index (κ1) is 21.7. The Morgan fingerprint density at radius 1 is 1.13 bits per heavy atom. The normalized spacial score (nSPS) is 14.1. The molecule has 2 amide bonds. The Hall–Kier alpha value is -3.02. The Morgan fingerprint density at radius 2 is 1.87 bits per heavy atom. The van der Waals surface area contributed by atoms with Crippen molar-refractivity contribution in [2.24, 2.45) is 0 Å².